The molecule has 10 heteroatoms. The molecule has 0 spiro atoms. The number of carbonyl (C=O) groups excluding carboxylic acids is 3. The van der Waals surface area contributed by atoms with Crippen molar-refractivity contribution in [1.82, 2.24) is 4.98 Å². The molecule has 40 heavy (non-hydrogen) atoms. The second-order valence-electron chi connectivity index (χ2n) is 8.97. The number of ketones is 1. The van der Waals surface area contributed by atoms with Gasteiger partial charge in [0.2, 0.25) is 0 Å². The number of hydrogen-bond acceptors (Lipinski definition) is 9. The van der Waals surface area contributed by atoms with Gasteiger partial charge in [-0.3, -0.25) is 14.5 Å². The first kappa shape index (κ1) is 28.6. The number of amides is 1. The Labute approximate surface area is 236 Å². The molecule has 2 heterocycles. The first-order valence-corrected chi connectivity index (χ1v) is 13.6. The maximum Gasteiger partial charge on any atom is 0.350 e. The molecule has 1 aliphatic rings. The lowest BCUT2D eigenvalue weighted by Crippen LogP contribution is -2.29. The van der Waals surface area contributed by atoms with E-state index in [0.717, 1.165) is 24.2 Å². The highest BCUT2D eigenvalue weighted by molar-refractivity contribution is 7.17. The molecule has 0 bridgehead atoms. The van der Waals surface area contributed by atoms with Crippen LogP contribution in [-0.2, 0) is 14.3 Å². The Bertz CT molecular complexity index is 1440. The third-order valence-electron chi connectivity index (χ3n) is 6.28. The van der Waals surface area contributed by atoms with Crippen LogP contribution in [0.25, 0.3) is 5.76 Å². The van der Waals surface area contributed by atoms with Gasteiger partial charge < -0.3 is 19.3 Å². The van der Waals surface area contributed by atoms with Crippen molar-refractivity contribution >= 4 is 39.9 Å². The average molecular weight is 563 g/mol. The van der Waals surface area contributed by atoms with Gasteiger partial charge in [-0.15, -0.1) is 0 Å². The Balaban J connectivity index is 1.80. The van der Waals surface area contributed by atoms with E-state index in [9.17, 15) is 19.5 Å². The Morgan fingerprint density at radius 3 is 2.42 bits per heavy atom. The molecule has 1 amide bonds. The Morgan fingerprint density at radius 1 is 1.12 bits per heavy atom. The number of anilines is 1. The Morgan fingerprint density at radius 2 is 1.80 bits per heavy atom. The fourth-order valence-electron chi connectivity index (χ4n) is 4.21. The summed E-state index contributed by atoms with van der Waals surface area (Å²) in [5.41, 5.74) is 1.15. The number of aryl methyl sites for hydroxylation is 1. The number of unbranched alkanes of at least 4 members (excludes halogenated alkanes) is 1. The van der Waals surface area contributed by atoms with Gasteiger partial charge in [-0.2, -0.15) is 0 Å². The van der Waals surface area contributed by atoms with Crippen LogP contribution in [0, 0.1) is 6.92 Å². The summed E-state index contributed by atoms with van der Waals surface area (Å²) >= 11 is 0.936. The van der Waals surface area contributed by atoms with E-state index in [1.54, 1.807) is 55.5 Å². The van der Waals surface area contributed by atoms with E-state index in [1.807, 2.05) is 0 Å². The minimum Gasteiger partial charge on any atom is -0.507 e. The molecule has 4 rings (SSSR count). The molecule has 2 aromatic carbocycles. The molecular weight excluding hydrogens is 532 g/mol. The van der Waals surface area contributed by atoms with E-state index < -0.39 is 23.7 Å². The number of carbonyl (C=O) groups is 3. The average Bonchev–Trinajstić information content (AvgIpc) is 3.48. The highest BCUT2D eigenvalue weighted by Crippen LogP contribution is 2.44. The predicted octanol–water partition coefficient (Wildman–Crippen LogP) is 5.61. The van der Waals surface area contributed by atoms with Crippen LogP contribution in [0.15, 0.2) is 66.8 Å². The predicted molar refractivity (Wildman–Crippen MR) is 152 cm³/mol. The number of rotatable bonds is 11. The van der Waals surface area contributed by atoms with Crippen molar-refractivity contribution in [3.63, 3.8) is 0 Å². The van der Waals surface area contributed by atoms with Crippen LogP contribution in [0.5, 0.6) is 11.5 Å². The van der Waals surface area contributed by atoms with Crippen LogP contribution < -0.4 is 14.4 Å². The van der Waals surface area contributed by atoms with Crippen molar-refractivity contribution in [2.45, 2.75) is 32.7 Å². The van der Waals surface area contributed by atoms with Crippen LogP contribution in [0.4, 0.5) is 5.13 Å². The highest BCUT2D eigenvalue weighted by Gasteiger charge is 2.48. The van der Waals surface area contributed by atoms with Gasteiger partial charge in [0.15, 0.2) is 5.13 Å². The van der Waals surface area contributed by atoms with Crippen molar-refractivity contribution in [2.75, 3.05) is 25.2 Å². The molecule has 1 N–H and O–H groups in total. The fourth-order valence-corrected chi connectivity index (χ4v) is 5.19. The number of aliphatic hydroxyl groups excluding tert-OH is 1. The molecule has 0 aliphatic carbocycles. The maximum atomic E-state index is 13.4. The summed E-state index contributed by atoms with van der Waals surface area (Å²) in [6, 6.07) is 12.5. The molecule has 0 saturated carbocycles. The molecule has 9 nitrogen and oxygen atoms in total. The largest absolute Gasteiger partial charge is 0.507 e. The number of Topliss-reactive ketones (excluding diaryl/α,β-unsaturated/α-hetero) is 1. The van der Waals surface area contributed by atoms with Crippen molar-refractivity contribution < 1.29 is 33.7 Å². The Kier molecular flexibility index (Phi) is 9.00. The third kappa shape index (κ3) is 5.76. The zero-order chi connectivity index (χ0) is 28.8. The Hall–Kier alpha value is -4.44. The van der Waals surface area contributed by atoms with Gasteiger partial charge in [0, 0.05) is 5.56 Å². The molecule has 1 atom stereocenters. The summed E-state index contributed by atoms with van der Waals surface area (Å²) in [6.07, 6.45) is 3.36. The fraction of sp³-hybridized carbons (Fsp3) is 0.267. The molecule has 0 radical (unpaired) electrons. The molecule has 1 aromatic heterocycles. The summed E-state index contributed by atoms with van der Waals surface area (Å²) in [7, 11) is 1.53. The number of benzene rings is 2. The van der Waals surface area contributed by atoms with Crippen LogP contribution >= 0.6 is 11.3 Å². The van der Waals surface area contributed by atoms with E-state index in [4.69, 9.17) is 14.2 Å². The molecule has 3 aromatic rings. The van der Waals surface area contributed by atoms with Gasteiger partial charge in [-0.1, -0.05) is 49.5 Å². The quantitative estimate of drug-likeness (QED) is 0.0801. The molecular formula is C30H30N2O7S. The summed E-state index contributed by atoms with van der Waals surface area (Å²) in [6.45, 7) is 7.82. The van der Waals surface area contributed by atoms with Crippen molar-refractivity contribution in [3.8, 4) is 11.5 Å². The molecule has 1 fully saturated rings. The minimum atomic E-state index is -1.01. The number of aromatic nitrogens is 1. The van der Waals surface area contributed by atoms with E-state index in [0.29, 0.717) is 34.9 Å². The molecule has 1 saturated heterocycles. The van der Waals surface area contributed by atoms with Crippen molar-refractivity contribution in [1.29, 1.82) is 0 Å². The number of ether oxygens (including phenoxy) is 3. The van der Waals surface area contributed by atoms with E-state index in [2.05, 4.69) is 18.5 Å². The van der Waals surface area contributed by atoms with Crippen molar-refractivity contribution in [2.24, 2.45) is 0 Å². The van der Waals surface area contributed by atoms with Crippen molar-refractivity contribution in [3.05, 3.63) is 88.5 Å². The summed E-state index contributed by atoms with van der Waals surface area (Å²) < 4.78 is 16.1. The van der Waals surface area contributed by atoms with E-state index in [1.165, 1.54) is 18.1 Å². The number of methoxy groups -OCH3 is 1. The molecule has 208 valence electrons. The van der Waals surface area contributed by atoms with Gasteiger partial charge in [0.25, 0.3) is 5.78 Å². The smallest absolute Gasteiger partial charge is 0.350 e. The lowest BCUT2D eigenvalue weighted by atomic mass is 9.95. The normalized spacial score (nSPS) is 16.2. The van der Waals surface area contributed by atoms with Crippen LogP contribution in [0.3, 0.4) is 0 Å². The number of thiazole rings is 1. The monoisotopic (exact) mass is 562 g/mol. The van der Waals surface area contributed by atoms with Gasteiger partial charge in [-0.05, 0) is 55.3 Å². The van der Waals surface area contributed by atoms with Crippen LogP contribution in [0.1, 0.15) is 52.3 Å². The van der Waals surface area contributed by atoms with Crippen LogP contribution in [-0.4, -0.2) is 48.1 Å². The first-order chi connectivity index (χ1) is 19.3. The summed E-state index contributed by atoms with van der Waals surface area (Å²) in [5.74, 6) is -1.48. The second kappa shape index (κ2) is 12.6. The topological polar surface area (TPSA) is 115 Å². The zero-order valence-corrected chi connectivity index (χ0v) is 23.3. The lowest BCUT2D eigenvalue weighted by Gasteiger charge is -2.23. The third-order valence-corrected chi connectivity index (χ3v) is 7.42. The second-order valence-corrected chi connectivity index (χ2v) is 9.94. The van der Waals surface area contributed by atoms with Gasteiger partial charge >= 0.3 is 11.9 Å². The zero-order valence-electron chi connectivity index (χ0n) is 22.5. The standard InChI is InChI=1S/C30H30N2O7S/c1-5-7-17-38-22-14-10-20(11-15-22)25(33)23-24(19-8-12-21(37-4)13-9-19)32(28(35)26(23)34)30-31-18(3)27(40-30)29(36)39-16-6-2/h6,8-15,24,33H,2,5,7,16-17H2,1,3-4H3/t24-/m0/s1. The number of aliphatic hydroxyl groups is 1. The van der Waals surface area contributed by atoms with Gasteiger partial charge in [0.1, 0.15) is 28.7 Å². The SMILES string of the molecule is C=CCOC(=O)c1sc(N2C(=O)C(=O)C(=C(O)c3ccc(OCCCC)cc3)[C@@H]2c2ccc(OC)cc2)nc1C. The lowest BCUT2D eigenvalue weighted by molar-refractivity contribution is -0.132. The van der Waals surface area contributed by atoms with Crippen LogP contribution in [0.2, 0.25) is 0 Å². The van der Waals surface area contributed by atoms with Gasteiger partial charge in [0.05, 0.1) is 31.0 Å². The number of hydrogen-bond donors (Lipinski definition) is 1. The molecule has 0 unspecified atom stereocenters. The van der Waals surface area contributed by atoms with Gasteiger partial charge in [-0.25, -0.2) is 9.78 Å². The first-order valence-electron chi connectivity index (χ1n) is 12.7. The minimum absolute atomic E-state index is 0.0182. The highest BCUT2D eigenvalue weighted by atomic mass is 32.1. The van der Waals surface area contributed by atoms with E-state index >= 15 is 0 Å². The molecule has 1 aliphatic heterocycles. The number of nitrogens with zero attached hydrogens (tertiary/aromatic N) is 2. The van der Waals surface area contributed by atoms with E-state index in [-0.39, 0.29) is 27.9 Å². The summed E-state index contributed by atoms with van der Waals surface area (Å²) in [5, 5.41) is 11.5. The summed E-state index contributed by atoms with van der Waals surface area (Å²) in [4.78, 5) is 45.3. The maximum absolute atomic E-state index is 13.4. The number of esters is 1.